The van der Waals surface area contributed by atoms with Gasteiger partial charge < -0.3 is 4.74 Å². The SMILES string of the molecule is O=Cc1ccc(OC(F)(F)F)c(F)c1F. The van der Waals surface area contributed by atoms with Crippen molar-refractivity contribution in [3.63, 3.8) is 0 Å². The summed E-state index contributed by atoms with van der Waals surface area (Å²) in [5, 5.41) is 0. The van der Waals surface area contributed by atoms with Crippen molar-refractivity contribution in [2.75, 3.05) is 0 Å². The van der Waals surface area contributed by atoms with E-state index in [4.69, 9.17) is 0 Å². The Bertz CT molecular complexity index is 385. The second kappa shape index (κ2) is 3.84. The van der Waals surface area contributed by atoms with Gasteiger partial charge in [0.2, 0.25) is 5.82 Å². The van der Waals surface area contributed by atoms with Crippen LogP contribution in [0, 0.1) is 11.6 Å². The minimum absolute atomic E-state index is 0.0181. The second-order valence-corrected chi connectivity index (χ2v) is 2.45. The lowest BCUT2D eigenvalue weighted by Crippen LogP contribution is -2.18. The molecule has 0 aliphatic heterocycles. The van der Waals surface area contributed by atoms with Gasteiger partial charge in [0, 0.05) is 0 Å². The minimum atomic E-state index is -5.12. The Hall–Kier alpha value is -1.66. The van der Waals surface area contributed by atoms with Crippen molar-refractivity contribution in [1.29, 1.82) is 0 Å². The Labute approximate surface area is 80.3 Å². The van der Waals surface area contributed by atoms with Gasteiger partial charge >= 0.3 is 6.36 Å². The Morgan fingerprint density at radius 2 is 1.73 bits per heavy atom. The molecule has 0 saturated carbocycles. The maximum Gasteiger partial charge on any atom is 0.573 e. The van der Waals surface area contributed by atoms with E-state index in [2.05, 4.69) is 4.74 Å². The summed E-state index contributed by atoms with van der Waals surface area (Å²) in [6.45, 7) is 0. The van der Waals surface area contributed by atoms with Crippen LogP contribution in [0.15, 0.2) is 12.1 Å². The van der Waals surface area contributed by atoms with Gasteiger partial charge in [-0.1, -0.05) is 0 Å². The first-order chi connectivity index (χ1) is 6.85. The van der Waals surface area contributed by atoms with Gasteiger partial charge in [0.1, 0.15) is 0 Å². The molecule has 2 nitrogen and oxygen atoms in total. The molecule has 0 aliphatic rings. The summed E-state index contributed by atoms with van der Waals surface area (Å²) in [5.41, 5.74) is -0.679. The Morgan fingerprint density at radius 3 is 2.20 bits per heavy atom. The molecule has 0 aromatic heterocycles. The normalized spacial score (nSPS) is 11.3. The van der Waals surface area contributed by atoms with Crippen molar-refractivity contribution in [2.24, 2.45) is 0 Å². The summed E-state index contributed by atoms with van der Waals surface area (Å²) in [4.78, 5) is 10.1. The molecule has 82 valence electrons. The van der Waals surface area contributed by atoms with E-state index in [-0.39, 0.29) is 6.29 Å². The Balaban J connectivity index is 3.12. The molecular formula is C8H3F5O2. The van der Waals surface area contributed by atoms with Gasteiger partial charge in [0.05, 0.1) is 5.56 Å². The fourth-order valence-corrected chi connectivity index (χ4v) is 0.841. The van der Waals surface area contributed by atoms with Gasteiger partial charge in [-0.25, -0.2) is 4.39 Å². The molecule has 0 spiro atoms. The molecule has 1 aromatic rings. The maximum atomic E-state index is 12.8. The molecule has 7 heteroatoms. The standard InChI is InChI=1S/C8H3F5O2/c9-6-4(3-14)1-2-5(7(6)10)15-8(11,12)13/h1-3H. The molecule has 0 atom stereocenters. The van der Waals surface area contributed by atoms with E-state index in [0.717, 1.165) is 0 Å². The maximum absolute atomic E-state index is 12.8. The molecule has 0 saturated heterocycles. The van der Waals surface area contributed by atoms with Gasteiger partial charge in [-0.3, -0.25) is 4.79 Å². The first-order valence-electron chi connectivity index (χ1n) is 3.54. The van der Waals surface area contributed by atoms with Crippen molar-refractivity contribution in [2.45, 2.75) is 6.36 Å². The third-order valence-corrected chi connectivity index (χ3v) is 1.43. The fourth-order valence-electron chi connectivity index (χ4n) is 0.841. The zero-order valence-electron chi connectivity index (χ0n) is 6.94. The summed E-state index contributed by atoms with van der Waals surface area (Å²) in [6, 6.07) is 1.21. The first kappa shape index (κ1) is 11.4. The lowest BCUT2D eigenvalue weighted by molar-refractivity contribution is -0.275. The van der Waals surface area contributed by atoms with Gasteiger partial charge in [-0.2, -0.15) is 4.39 Å². The van der Waals surface area contributed by atoms with Crippen LogP contribution in [-0.2, 0) is 0 Å². The first-order valence-corrected chi connectivity index (χ1v) is 3.54. The van der Waals surface area contributed by atoms with E-state index < -0.39 is 29.3 Å². The van der Waals surface area contributed by atoms with Crippen LogP contribution in [0.1, 0.15) is 10.4 Å². The number of halogens is 5. The highest BCUT2D eigenvalue weighted by Crippen LogP contribution is 2.27. The number of hydrogen-bond acceptors (Lipinski definition) is 2. The minimum Gasteiger partial charge on any atom is -0.403 e. The molecule has 0 aliphatic carbocycles. The highest BCUT2D eigenvalue weighted by Gasteiger charge is 2.33. The van der Waals surface area contributed by atoms with Crippen LogP contribution < -0.4 is 4.74 Å². The molecule has 0 amide bonds. The smallest absolute Gasteiger partial charge is 0.403 e. The molecule has 0 radical (unpaired) electrons. The van der Waals surface area contributed by atoms with Crippen LogP contribution in [0.25, 0.3) is 0 Å². The van der Waals surface area contributed by atoms with E-state index >= 15 is 0 Å². The number of alkyl halides is 3. The van der Waals surface area contributed by atoms with Gasteiger partial charge in [-0.05, 0) is 12.1 Å². The molecule has 1 rings (SSSR count). The molecule has 15 heavy (non-hydrogen) atoms. The van der Waals surface area contributed by atoms with E-state index in [1.54, 1.807) is 0 Å². The highest BCUT2D eigenvalue weighted by molar-refractivity contribution is 5.75. The van der Waals surface area contributed by atoms with Crippen molar-refractivity contribution in [3.05, 3.63) is 29.3 Å². The molecular weight excluding hydrogens is 223 g/mol. The van der Waals surface area contributed by atoms with Crippen LogP contribution in [0.3, 0.4) is 0 Å². The number of hydrogen-bond donors (Lipinski definition) is 0. The number of ether oxygens (including phenoxy) is 1. The van der Waals surface area contributed by atoms with E-state index in [0.29, 0.717) is 12.1 Å². The Kier molecular flexibility index (Phi) is 2.92. The fraction of sp³-hybridized carbons (Fsp3) is 0.125. The summed E-state index contributed by atoms with van der Waals surface area (Å²) >= 11 is 0. The monoisotopic (exact) mass is 226 g/mol. The van der Waals surface area contributed by atoms with E-state index in [1.165, 1.54) is 0 Å². The lowest BCUT2D eigenvalue weighted by Gasteiger charge is -2.10. The second-order valence-electron chi connectivity index (χ2n) is 2.45. The average molecular weight is 226 g/mol. The van der Waals surface area contributed by atoms with Crippen molar-refractivity contribution in [1.82, 2.24) is 0 Å². The number of benzene rings is 1. The summed E-state index contributed by atoms with van der Waals surface area (Å²) in [5.74, 6) is -4.84. The van der Waals surface area contributed by atoms with Crippen LogP contribution in [0.4, 0.5) is 22.0 Å². The van der Waals surface area contributed by atoms with Crippen molar-refractivity contribution >= 4 is 6.29 Å². The molecule has 1 aromatic carbocycles. The van der Waals surface area contributed by atoms with Crippen LogP contribution in [0.5, 0.6) is 5.75 Å². The highest BCUT2D eigenvalue weighted by atomic mass is 19.4. The number of aldehydes is 1. The van der Waals surface area contributed by atoms with Gasteiger partial charge in [-0.15, -0.1) is 13.2 Å². The average Bonchev–Trinajstić information content (AvgIpc) is 2.11. The zero-order chi connectivity index (χ0) is 11.6. The summed E-state index contributed by atoms with van der Waals surface area (Å²) < 4.78 is 63.8. The molecule has 0 unspecified atom stereocenters. The topological polar surface area (TPSA) is 26.3 Å². The Morgan fingerprint density at radius 1 is 1.13 bits per heavy atom. The van der Waals surface area contributed by atoms with E-state index in [9.17, 15) is 26.7 Å². The quantitative estimate of drug-likeness (QED) is 0.572. The van der Waals surface area contributed by atoms with Crippen molar-refractivity contribution < 1.29 is 31.5 Å². The number of carbonyl (C=O) groups is 1. The van der Waals surface area contributed by atoms with Crippen LogP contribution >= 0.6 is 0 Å². The summed E-state index contributed by atoms with van der Waals surface area (Å²) in [7, 11) is 0. The number of rotatable bonds is 2. The van der Waals surface area contributed by atoms with E-state index in [1.807, 2.05) is 0 Å². The molecule has 0 heterocycles. The van der Waals surface area contributed by atoms with Gasteiger partial charge in [0.25, 0.3) is 0 Å². The summed E-state index contributed by atoms with van der Waals surface area (Å²) in [6.07, 6.45) is -5.13. The van der Waals surface area contributed by atoms with Crippen molar-refractivity contribution in [3.8, 4) is 5.75 Å². The van der Waals surface area contributed by atoms with Crippen LogP contribution in [0.2, 0.25) is 0 Å². The molecule has 0 fully saturated rings. The molecule has 0 bridgehead atoms. The van der Waals surface area contributed by atoms with Crippen LogP contribution in [-0.4, -0.2) is 12.6 Å². The van der Waals surface area contributed by atoms with Gasteiger partial charge in [0.15, 0.2) is 17.9 Å². The third-order valence-electron chi connectivity index (χ3n) is 1.43. The zero-order valence-corrected chi connectivity index (χ0v) is 6.94. The number of carbonyl (C=O) groups excluding carboxylic acids is 1. The third kappa shape index (κ3) is 2.64. The predicted molar refractivity (Wildman–Crippen MR) is 38.4 cm³/mol. The predicted octanol–water partition coefficient (Wildman–Crippen LogP) is 2.68. The lowest BCUT2D eigenvalue weighted by atomic mass is 10.2. The molecule has 0 N–H and O–H groups in total. The largest absolute Gasteiger partial charge is 0.573 e.